The molecule has 6 heteroatoms. The lowest BCUT2D eigenvalue weighted by Crippen LogP contribution is -2.23. The number of nitrogens with one attached hydrogen (secondary N) is 1. The molecule has 122 valence electrons. The van der Waals surface area contributed by atoms with Gasteiger partial charge in [0.15, 0.2) is 0 Å². The highest BCUT2D eigenvalue weighted by Crippen LogP contribution is 2.27. The Morgan fingerprint density at radius 1 is 1.46 bits per heavy atom. The van der Waals surface area contributed by atoms with E-state index in [1.54, 1.807) is 36.4 Å². The number of ether oxygens (including phenoxy) is 1. The van der Waals surface area contributed by atoms with Crippen LogP contribution in [0.2, 0.25) is 0 Å². The quantitative estimate of drug-likeness (QED) is 0.445. The Balaban J connectivity index is 2.08. The Hall–Kier alpha value is -2.78. The molecule has 0 aliphatic heterocycles. The maximum absolute atomic E-state index is 12.1. The van der Waals surface area contributed by atoms with E-state index in [1.165, 1.54) is 12.3 Å². The van der Waals surface area contributed by atoms with Gasteiger partial charge in [-0.1, -0.05) is 18.7 Å². The van der Waals surface area contributed by atoms with E-state index in [0.717, 1.165) is 4.47 Å². The van der Waals surface area contributed by atoms with Gasteiger partial charge in [-0.25, -0.2) is 0 Å². The third-order valence-electron chi connectivity index (χ3n) is 2.99. The number of amides is 1. The first kappa shape index (κ1) is 17.6. The standard InChI is InChI=1S/C18H15BrN2O3/c1-2-7-24-17-6-5-13(10-16(17)19)9-14(11-20)18(22)21-12-15-4-3-8-23-15/h2-6,8-10H,1,7,12H2,(H,21,22). The average molecular weight is 387 g/mol. The number of benzene rings is 1. The van der Waals surface area contributed by atoms with Crippen molar-refractivity contribution >= 4 is 27.9 Å². The molecular formula is C18H15BrN2O3. The lowest BCUT2D eigenvalue weighted by molar-refractivity contribution is -0.117. The molecule has 0 spiro atoms. The number of carbonyl (C=O) groups excluding carboxylic acids is 1. The lowest BCUT2D eigenvalue weighted by atomic mass is 10.1. The minimum atomic E-state index is -0.461. The van der Waals surface area contributed by atoms with Gasteiger partial charge in [0.2, 0.25) is 0 Å². The number of rotatable bonds is 7. The first-order chi connectivity index (χ1) is 11.6. The molecule has 0 aliphatic carbocycles. The van der Waals surface area contributed by atoms with Gasteiger partial charge in [0.05, 0.1) is 17.3 Å². The SMILES string of the molecule is C=CCOc1ccc(C=C(C#N)C(=O)NCc2ccco2)cc1Br. The molecule has 0 atom stereocenters. The second-order valence-corrected chi connectivity index (χ2v) is 5.58. The number of nitrogens with zero attached hydrogens (tertiary/aromatic N) is 1. The highest BCUT2D eigenvalue weighted by molar-refractivity contribution is 9.10. The van der Waals surface area contributed by atoms with Gasteiger partial charge in [-0.2, -0.15) is 5.26 Å². The second kappa shape index (κ2) is 8.75. The molecule has 0 saturated carbocycles. The van der Waals surface area contributed by atoms with E-state index in [-0.39, 0.29) is 12.1 Å². The van der Waals surface area contributed by atoms with E-state index in [2.05, 4.69) is 27.8 Å². The minimum Gasteiger partial charge on any atom is -0.488 e. The Bertz CT molecular complexity index is 789. The topological polar surface area (TPSA) is 75.3 Å². The molecule has 1 aromatic carbocycles. The van der Waals surface area contributed by atoms with Crippen LogP contribution in [-0.2, 0) is 11.3 Å². The van der Waals surface area contributed by atoms with Crippen molar-refractivity contribution in [1.29, 1.82) is 5.26 Å². The fourth-order valence-electron chi connectivity index (χ4n) is 1.86. The van der Waals surface area contributed by atoms with Gasteiger partial charge in [0.1, 0.15) is 29.8 Å². The smallest absolute Gasteiger partial charge is 0.262 e. The van der Waals surface area contributed by atoms with Crippen LogP contribution in [0.1, 0.15) is 11.3 Å². The molecule has 0 aliphatic rings. The molecule has 2 rings (SSSR count). The molecule has 0 bridgehead atoms. The van der Waals surface area contributed by atoms with Crippen LogP contribution in [0.3, 0.4) is 0 Å². The van der Waals surface area contributed by atoms with E-state index in [0.29, 0.717) is 23.7 Å². The Kier molecular flexibility index (Phi) is 6.41. The van der Waals surface area contributed by atoms with Gasteiger partial charge in [-0.05, 0) is 51.8 Å². The number of hydrogen-bond acceptors (Lipinski definition) is 4. The van der Waals surface area contributed by atoms with E-state index in [4.69, 9.17) is 9.15 Å². The summed E-state index contributed by atoms with van der Waals surface area (Å²) in [5.41, 5.74) is 0.714. The van der Waals surface area contributed by atoms with Crippen molar-refractivity contribution in [2.75, 3.05) is 6.61 Å². The van der Waals surface area contributed by atoms with E-state index < -0.39 is 5.91 Å². The van der Waals surface area contributed by atoms with Gasteiger partial charge < -0.3 is 14.5 Å². The molecule has 0 saturated heterocycles. The van der Waals surface area contributed by atoms with Crippen LogP contribution in [-0.4, -0.2) is 12.5 Å². The van der Waals surface area contributed by atoms with Gasteiger partial charge in [0.25, 0.3) is 5.91 Å². The van der Waals surface area contributed by atoms with E-state index in [9.17, 15) is 10.1 Å². The fourth-order valence-corrected chi connectivity index (χ4v) is 2.37. The van der Waals surface area contributed by atoms with Crippen molar-refractivity contribution in [1.82, 2.24) is 5.32 Å². The van der Waals surface area contributed by atoms with Gasteiger partial charge >= 0.3 is 0 Å². The molecule has 0 radical (unpaired) electrons. The molecule has 1 amide bonds. The zero-order valence-corrected chi connectivity index (χ0v) is 14.4. The second-order valence-electron chi connectivity index (χ2n) is 4.72. The summed E-state index contributed by atoms with van der Waals surface area (Å²) in [5.74, 6) is 0.817. The van der Waals surface area contributed by atoms with Crippen molar-refractivity contribution in [3.63, 3.8) is 0 Å². The largest absolute Gasteiger partial charge is 0.488 e. The molecule has 1 N–H and O–H groups in total. The van der Waals surface area contributed by atoms with Crippen molar-refractivity contribution in [3.05, 3.63) is 70.6 Å². The van der Waals surface area contributed by atoms with Gasteiger partial charge in [-0.15, -0.1) is 0 Å². The van der Waals surface area contributed by atoms with Crippen molar-refractivity contribution in [2.45, 2.75) is 6.54 Å². The van der Waals surface area contributed by atoms with Crippen LogP contribution in [0, 0.1) is 11.3 Å². The molecule has 0 fully saturated rings. The molecule has 2 aromatic rings. The summed E-state index contributed by atoms with van der Waals surface area (Å²) in [6, 6.07) is 10.7. The van der Waals surface area contributed by atoms with Crippen molar-refractivity contribution < 1.29 is 13.9 Å². The number of furan rings is 1. The van der Waals surface area contributed by atoms with Crippen LogP contribution in [0.15, 0.2) is 63.7 Å². The van der Waals surface area contributed by atoms with Crippen LogP contribution >= 0.6 is 15.9 Å². The van der Waals surface area contributed by atoms with E-state index >= 15 is 0 Å². The summed E-state index contributed by atoms with van der Waals surface area (Å²) >= 11 is 3.40. The predicted octanol–water partition coefficient (Wildman–Crippen LogP) is 3.83. The third kappa shape index (κ3) is 4.86. The summed E-state index contributed by atoms with van der Waals surface area (Å²) in [5, 5.41) is 11.8. The summed E-state index contributed by atoms with van der Waals surface area (Å²) in [7, 11) is 0. The Labute approximate surface area is 148 Å². The van der Waals surface area contributed by atoms with Gasteiger partial charge in [0, 0.05) is 0 Å². The normalized spacial score (nSPS) is 10.8. The molecule has 5 nitrogen and oxygen atoms in total. The molecule has 0 unspecified atom stereocenters. The maximum atomic E-state index is 12.1. The molecule has 24 heavy (non-hydrogen) atoms. The van der Waals surface area contributed by atoms with Crippen molar-refractivity contribution in [3.8, 4) is 11.8 Å². The Morgan fingerprint density at radius 2 is 2.29 bits per heavy atom. The zero-order valence-electron chi connectivity index (χ0n) is 12.8. The number of halogens is 1. The summed E-state index contributed by atoms with van der Waals surface area (Å²) in [6.07, 6.45) is 4.69. The average Bonchev–Trinajstić information content (AvgIpc) is 3.10. The van der Waals surface area contributed by atoms with Crippen molar-refractivity contribution in [2.24, 2.45) is 0 Å². The molecule has 1 heterocycles. The number of hydrogen-bond donors (Lipinski definition) is 1. The number of carbonyl (C=O) groups is 1. The van der Waals surface area contributed by atoms with Crippen LogP contribution in [0.25, 0.3) is 6.08 Å². The third-order valence-corrected chi connectivity index (χ3v) is 3.61. The molecular weight excluding hydrogens is 372 g/mol. The van der Waals surface area contributed by atoms with Crippen LogP contribution in [0.4, 0.5) is 0 Å². The highest BCUT2D eigenvalue weighted by Gasteiger charge is 2.10. The Morgan fingerprint density at radius 3 is 2.92 bits per heavy atom. The van der Waals surface area contributed by atoms with E-state index in [1.807, 2.05) is 6.07 Å². The predicted molar refractivity (Wildman–Crippen MR) is 94.0 cm³/mol. The number of nitriles is 1. The first-order valence-corrected chi connectivity index (χ1v) is 7.89. The van der Waals surface area contributed by atoms with Crippen LogP contribution in [0.5, 0.6) is 5.75 Å². The van der Waals surface area contributed by atoms with Crippen LogP contribution < -0.4 is 10.1 Å². The minimum absolute atomic E-state index is 0.00761. The van der Waals surface area contributed by atoms with Gasteiger partial charge in [-0.3, -0.25) is 4.79 Å². The monoisotopic (exact) mass is 386 g/mol. The first-order valence-electron chi connectivity index (χ1n) is 7.09. The fraction of sp³-hybridized carbons (Fsp3) is 0.111. The lowest BCUT2D eigenvalue weighted by Gasteiger charge is -2.07. The summed E-state index contributed by atoms with van der Waals surface area (Å²) in [6.45, 7) is 4.21. The molecule has 1 aromatic heterocycles. The zero-order chi connectivity index (χ0) is 17.4. The highest BCUT2D eigenvalue weighted by atomic mass is 79.9. The maximum Gasteiger partial charge on any atom is 0.262 e. The summed E-state index contributed by atoms with van der Waals surface area (Å²) in [4.78, 5) is 12.1. The summed E-state index contributed by atoms with van der Waals surface area (Å²) < 4.78 is 11.3.